The standard InChI is InChI=1S/C13H23N3O2/c1-6-13(14,7-2)12(17)16(5)8-11-9(3)15-18-10(11)4/h6-8,14H2,1-5H3. The van der Waals surface area contributed by atoms with Gasteiger partial charge in [-0.15, -0.1) is 0 Å². The van der Waals surface area contributed by atoms with Gasteiger partial charge < -0.3 is 15.2 Å². The Kier molecular flexibility index (Phi) is 4.51. The van der Waals surface area contributed by atoms with Crippen LogP contribution < -0.4 is 5.73 Å². The van der Waals surface area contributed by atoms with Crippen molar-refractivity contribution >= 4 is 5.91 Å². The predicted molar refractivity (Wildman–Crippen MR) is 70.0 cm³/mol. The molecule has 5 nitrogen and oxygen atoms in total. The molecule has 18 heavy (non-hydrogen) atoms. The van der Waals surface area contributed by atoms with Gasteiger partial charge in [0.25, 0.3) is 0 Å². The van der Waals surface area contributed by atoms with E-state index in [0.717, 1.165) is 17.0 Å². The van der Waals surface area contributed by atoms with Crippen LogP contribution in [0.4, 0.5) is 0 Å². The van der Waals surface area contributed by atoms with Gasteiger partial charge in [-0.3, -0.25) is 4.79 Å². The molecule has 0 radical (unpaired) electrons. The van der Waals surface area contributed by atoms with Crippen LogP contribution in [0, 0.1) is 13.8 Å². The van der Waals surface area contributed by atoms with Gasteiger partial charge in [0.05, 0.1) is 17.8 Å². The van der Waals surface area contributed by atoms with E-state index in [9.17, 15) is 4.79 Å². The number of hydrogen-bond acceptors (Lipinski definition) is 4. The van der Waals surface area contributed by atoms with Gasteiger partial charge in [-0.2, -0.15) is 0 Å². The SMILES string of the molecule is CCC(N)(CC)C(=O)N(C)Cc1c(C)noc1C. The number of nitrogens with zero attached hydrogens (tertiary/aromatic N) is 2. The van der Waals surface area contributed by atoms with E-state index >= 15 is 0 Å². The third-order valence-corrected chi connectivity index (χ3v) is 3.61. The molecular weight excluding hydrogens is 230 g/mol. The van der Waals surface area contributed by atoms with Crippen LogP contribution in [0.3, 0.4) is 0 Å². The fraction of sp³-hybridized carbons (Fsp3) is 0.692. The van der Waals surface area contributed by atoms with Crippen molar-refractivity contribution in [3.63, 3.8) is 0 Å². The van der Waals surface area contributed by atoms with Crippen LogP contribution in [0.15, 0.2) is 4.52 Å². The minimum Gasteiger partial charge on any atom is -0.361 e. The van der Waals surface area contributed by atoms with E-state index in [1.807, 2.05) is 27.7 Å². The second-order valence-corrected chi connectivity index (χ2v) is 4.83. The minimum atomic E-state index is -0.770. The van der Waals surface area contributed by atoms with E-state index in [2.05, 4.69) is 5.16 Å². The lowest BCUT2D eigenvalue weighted by atomic mass is 9.92. The summed E-state index contributed by atoms with van der Waals surface area (Å²) >= 11 is 0. The van der Waals surface area contributed by atoms with Crippen molar-refractivity contribution in [3.05, 3.63) is 17.0 Å². The quantitative estimate of drug-likeness (QED) is 0.868. The normalized spacial score (nSPS) is 11.7. The van der Waals surface area contributed by atoms with Crippen LogP contribution >= 0.6 is 0 Å². The topological polar surface area (TPSA) is 72.4 Å². The van der Waals surface area contributed by atoms with E-state index in [0.29, 0.717) is 19.4 Å². The van der Waals surface area contributed by atoms with E-state index < -0.39 is 5.54 Å². The maximum absolute atomic E-state index is 12.3. The third kappa shape index (κ3) is 2.72. The Hall–Kier alpha value is -1.36. The maximum Gasteiger partial charge on any atom is 0.242 e. The second-order valence-electron chi connectivity index (χ2n) is 4.83. The lowest BCUT2D eigenvalue weighted by Crippen LogP contribution is -2.53. The Balaban J connectivity index is 2.83. The molecule has 0 fully saturated rings. The van der Waals surface area contributed by atoms with E-state index in [-0.39, 0.29) is 5.91 Å². The molecule has 0 unspecified atom stereocenters. The summed E-state index contributed by atoms with van der Waals surface area (Å²) in [5.74, 6) is 0.718. The number of aromatic nitrogens is 1. The lowest BCUT2D eigenvalue weighted by Gasteiger charge is -2.30. The second kappa shape index (κ2) is 5.52. The van der Waals surface area contributed by atoms with E-state index in [1.165, 1.54) is 0 Å². The predicted octanol–water partition coefficient (Wildman–Crippen LogP) is 1.77. The fourth-order valence-electron chi connectivity index (χ4n) is 1.97. The third-order valence-electron chi connectivity index (χ3n) is 3.61. The summed E-state index contributed by atoms with van der Waals surface area (Å²) in [6, 6.07) is 0. The number of nitrogens with two attached hydrogens (primary N) is 1. The van der Waals surface area contributed by atoms with E-state index in [4.69, 9.17) is 10.3 Å². The smallest absolute Gasteiger partial charge is 0.242 e. The van der Waals surface area contributed by atoms with Gasteiger partial charge in [0.15, 0.2) is 0 Å². The molecule has 1 amide bonds. The summed E-state index contributed by atoms with van der Waals surface area (Å²) in [5, 5.41) is 3.89. The van der Waals surface area contributed by atoms with Gasteiger partial charge in [-0.25, -0.2) is 0 Å². The van der Waals surface area contributed by atoms with Crippen molar-refractivity contribution in [2.24, 2.45) is 5.73 Å². The summed E-state index contributed by atoms with van der Waals surface area (Å²) in [6.07, 6.45) is 1.27. The number of amides is 1. The summed E-state index contributed by atoms with van der Waals surface area (Å²) in [5.41, 5.74) is 7.13. The zero-order chi connectivity index (χ0) is 13.9. The van der Waals surface area contributed by atoms with Crippen LogP contribution in [0.2, 0.25) is 0 Å². The Morgan fingerprint density at radius 3 is 2.33 bits per heavy atom. The Morgan fingerprint density at radius 1 is 1.39 bits per heavy atom. The molecule has 5 heteroatoms. The molecule has 102 valence electrons. The van der Waals surface area contributed by atoms with Gasteiger partial charge >= 0.3 is 0 Å². The average molecular weight is 253 g/mol. The molecule has 2 N–H and O–H groups in total. The average Bonchev–Trinajstić information content (AvgIpc) is 2.68. The maximum atomic E-state index is 12.3. The first-order valence-corrected chi connectivity index (χ1v) is 6.32. The monoisotopic (exact) mass is 253 g/mol. The first-order valence-electron chi connectivity index (χ1n) is 6.32. The Labute approximate surface area is 108 Å². The molecule has 0 saturated heterocycles. The first-order chi connectivity index (χ1) is 8.35. The molecular formula is C13H23N3O2. The molecule has 0 aliphatic rings. The number of aryl methyl sites for hydroxylation is 2. The van der Waals surface area contributed by atoms with Crippen molar-refractivity contribution in [2.45, 2.75) is 52.6 Å². The molecule has 0 spiro atoms. The Morgan fingerprint density at radius 2 is 1.94 bits per heavy atom. The number of likely N-dealkylation sites (N-methyl/N-ethyl adjacent to an activating group) is 1. The van der Waals surface area contributed by atoms with Crippen LogP contribution in [0.25, 0.3) is 0 Å². The van der Waals surface area contributed by atoms with Crippen LogP contribution in [0.1, 0.15) is 43.7 Å². The van der Waals surface area contributed by atoms with Crippen LogP contribution in [-0.4, -0.2) is 28.6 Å². The van der Waals surface area contributed by atoms with Gasteiger partial charge in [0.1, 0.15) is 5.76 Å². The first kappa shape index (κ1) is 14.7. The van der Waals surface area contributed by atoms with Crippen molar-refractivity contribution in [1.29, 1.82) is 0 Å². The molecule has 0 bridgehead atoms. The molecule has 1 aromatic rings. The van der Waals surface area contributed by atoms with Crippen molar-refractivity contribution in [2.75, 3.05) is 7.05 Å². The van der Waals surface area contributed by atoms with Crippen molar-refractivity contribution < 1.29 is 9.32 Å². The molecule has 0 aromatic carbocycles. The van der Waals surface area contributed by atoms with Crippen LogP contribution in [-0.2, 0) is 11.3 Å². The molecule has 0 aliphatic carbocycles. The number of carbonyl (C=O) groups excluding carboxylic acids is 1. The summed E-state index contributed by atoms with van der Waals surface area (Å²) < 4.78 is 5.09. The van der Waals surface area contributed by atoms with Gasteiger partial charge in [-0.05, 0) is 26.7 Å². The highest BCUT2D eigenvalue weighted by atomic mass is 16.5. The fourth-order valence-corrected chi connectivity index (χ4v) is 1.97. The largest absolute Gasteiger partial charge is 0.361 e. The van der Waals surface area contributed by atoms with Gasteiger partial charge in [0, 0.05) is 12.6 Å². The van der Waals surface area contributed by atoms with Crippen molar-refractivity contribution in [1.82, 2.24) is 10.1 Å². The summed E-state index contributed by atoms with van der Waals surface area (Å²) in [4.78, 5) is 14.0. The van der Waals surface area contributed by atoms with E-state index in [1.54, 1.807) is 11.9 Å². The highest BCUT2D eigenvalue weighted by Gasteiger charge is 2.33. The number of rotatable bonds is 5. The number of carbonyl (C=O) groups is 1. The van der Waals surface area contributed by atoms with Gasteiger partial charge in [-0.1, -0.05) is 19.0 Å². The Bertz CT molecular complexity index is 402. The molecule has 1 rings (SSSR count). The summed E-state index contributed by atoms with van der Waals surface area (Å²) in [7, 11) is 1.77. The zero-order valence-corrected chi connectivity index (χ0v) is 11.9. The molecule has 1 heterocycles. The molecule has 0 atom stereocenters. The number of hydrogen-bond donors (Lipinski definition) is 1. The molecule has 0 saturated carbocycles. The van der Waals surface area contributed by atoms with Crippen LogP contribution in [0.5, 0.6) is 0 Å². The zero-order valence-electron chi connectivity index (χ0n) is 11.9. The summed E-state index contributed by atoms with van der Waals surface area (Å²) in [6.45, 7) is 8.08. The lowest BCUT2D eigenvalue weighted by molar-refractivity contribution is -0.136. The highest BCUT2D eigenvalue weighted by molar-refractivity contribution is 5.85. The molecule has 0 aliphatic heterocycles. The minimum absolute atomic E-state index is 0.0347. The van der Waals surface area contributed by atoms with Crippen molar-refractivity contribution in [3.8, 4) is 0 Å². The highest BCUT2D eigenvalue weighted by Crippen LogP contribution is 2.19. The molecule has 1 aromatic heterocycles. The van der Waals surface area contributed by atoms with Gasteiger partial charge in [0.2, 0.25) is 5.91 Å².